The maximum atomic E-state index is 12.9. The Kier molecular flexibility index (Phi) is 60.7. The van der Waals surface area contributed by atoms with E-state index in [1.165, 1.54) is 186 Å². The van der Waals surface area contributed by atoms with E-state index in [0.717, 1.165) is 103 Å². The van der Waals surface area contributed by atoms with Gasteiger partial charge in [0.05, 0.1) is 0 Å². The van der Waals surface area contributed by atoms with Gasteiger partial charge in [-0.05, 0) is 70.6 Å². The van der Waals surface area contributed by atoms with E-state index in [4.69, 9.17) is 14.2 Å². The summed E-state index contributed by atoms with van der Waals surface area (Å²) in [6.45, 7) is 6.51. The Labute approximate surface area is 465 Å². The lowest BCUT2D eigenvalue weighted by molar-refractivity contribution is -0.167. The van der Waals surface area contributed by atoms with E-state index in [2.05, 4.69) is 93.7 Å². The van der Waals surface area contributed by atoms with Crippen molar-refractivity contribution in [2.75, 3.05) is 13.2 Å². The molecular formula is C69H122O6. The highest BCUT2D eigenvalue weighted by molar-refractivity contribution is 5.71. The Morgan fingerprint density at radius 3 is 0.813 bits per heavy atom. The maximum Gasteiger partial charge on any atom is 0.306 e. The molecule has 75 heavy (non-hydrogen) atoms. The van der Waals surface area contributed by atoms with E-state index in [1.807, 2.05) is 0 Å². The number of hydrogen-bond donors (Lipinski definition) is 0. The zero-order valence-electron chi connectivity index (χ0n) is 49.8. The molecule has 6 nitrogen and oxygen atoms in total. The lowest BCUT2D eigenvalue weighted by Crippen LogP contribution is -2.30. The summed E-state index contributed by atoms with van der Waals surface area (Å²) in [7, 11) is 0. The topological polar surface area (TPSA) is 78.9 Å². The van der Waals surface area contributed by atoms with Crippen LogP contribution in [0.15, 0.2) is 72.9 Å². The van der Waals surface area contributed by atoms with Crippen LogP contribution in [0, 0.1) is 0 Å². The van der Waals surface area contributed by atoms with Crippen molar-refractivity contribution in [2.24, 2.45) is 0 Å². The lowest BCUT2D eigenvalue weighted by atomic mass is 10.0. The fourth-order valence-corrected chi connectivity index (χ4v) is 9.39. The molecule has 0 N–H and O–H groups in total. The summed E-state index contributed by atoms with van der Waals surface area (Å²) in [5, 5.41) is 0. The van der Waals surface area contributed by atoms with Crippen molar-refractivity contribution in [3.8, 4) is 0 Å². The predicted molar refractivity (Wildman–Crippen MR) is 325 cm³/mol. The number of carbonyl (C=O) groups excluding carboxylic acids is 3. The Hall–Kier alpha value is -3.15. The number of carbonyl (C=O) groups is 3. The van der Waals surface area contributed by atoms with Crippen LogP contribution in [0.3, 0.4) is 0 Å². The summed E-state index contributed by atoms with van der Waals surface area (Å²) < 4.78 is 16.8. The highest BCUT2D eigenvalue weighted by atomic mass is 16.6. The molecule has 434 valence electrons. The van der Waals surface area contributed by atoms with Crippen molar-refractivity contribution in [3.63, 3.8) is 0 Å². The first kappa shape index (κ1) is 71.8. The first-order valence-electron chi connectivity index (χ1n) is 32.4. The fraction of sp³-hybridized carbons (Fsp3) is 0.783. The Morgan fingerprint density at radius 1 is 0.280 bits per heavy atom. The minimum Gasteiger partial charge on any atom is -0.462 e. The number of esters is 3. The molecule has 0 saturated heterocycles. The SMILES string of the molecule is CC/C=C\C/C=C\C/C=C\C/C=C\C/C=C\C/C=C\CCCCCCCCC(=O)OCC(COC(=O)CCCCCCCCC)OC(=O)CCCCCCCCCCCCCCCCCCCCCCCCCCC. The van der Waals surface area contributed by atoms with Crippen molar-refractivity contribution in [3.05, 3.63) is 72.9 Å². The van der Waals surface area contributed by atoms with Crippen molar-refractivity contribution in [1.82, 2.24) is 0 Å². The molecule has 0 bridgehead atoms. The molecule has 1 unspecified atom stereocenters. The Balaban J connectivity index is 4.14. The molecule has 0 heterocycles. The smallest absolute Gasteiger partial charge is 0.306 e. The number of rotatable bonds is 59. The quantitative estimate of drug-likeness (QED) is 0.0261. The predicted octanol–water partition coefficient (Wildman–Crippen LogP) is 22.1. The van der Waals surface area contributed by atoms with Gasteiger partial charge in [0.25, 0.3) is 0 Å². The molecule has 0 aromatic carbocycles. The first-order valence-corrected chi connectivity index (χ1v) is 32.4. The summed E-state index contributed by atoms with van der Waals surface area (Å²) >= 11 is 0. The van der Waals surface area contributed by atoms with E-state index in [-0.39, 0.29) is 31.1 Å². The van der Waals surface area contributed by atoms with E-state index >= 15 is 0 Å². The summed E-state index contributed by atoms with van der Waals surface area (Å²) in [6.07, 6.45) is 82.3. The largest absolute Gasteiger partial charge is 0.462 e. The monoisotopic (exact) mass is 1050 g/mol. The van der Waals surface area contributed by atoms with E-state index < -0.39 is 6.10 Å². The van der Waals surface area contributed by atoms with Crippen LogP contribution in [-0.2, 0) is 28.6 Å². The Morgan fingerprint density at radius 2 is 0.520 bits per heavy atom. The van der Waals surface area contributed by atoms with Crippen LogP contribution in [0.1, 0.15) is 329 Å². The summed E-state index contributed by atoms with van der Waals surface area (Å²) in [5.74, 6) is -0.883. The van der Waals surface area contributed by atoms with Crippen LogP contribution in [-0.4, -0.2) is 37.2 Å². The molecule has 0 aliphatic carbocycles. The number of hydrogen-bond acceptors (Lipinski definition) is 6. The fourth-order valence-electron chi connectivity index (χ4n) is 9.39. The van der Waals surface area contributed by atoms with Gasteiger partial charge in [-0.1, -0.05) is 312 Å². The highest BCUT2D eigenvalue weighted by Crippen LogP contribution is 2.17. The average molecular weight is 1050 g/mol. The minimum atomic E-state index is -0.778. The van der Waals surface area contributed by atoms with Gasteiger partial charge in [0.15, 0.2) is 6.10 Å². The zero-order chi connectivity index (χ0) is 54.3. The molecule has 0 saturated carbocycles. The molecule has 1 atom stereocenters. The van der Waals surface area contributed by atoms with Gasteiger partial charge in [-0.25, -0.2) is 0 Å². The van der Waals surface area contributed by atoms with Gasteiger partial charge < -0.3 is 14.2 Å². The molecule has 0 spiro atoms. The summed E-state index contributed by atoms with van der Waals surface area (Å²) in [4.78, 5) is 38.1. The molecule has 0 fully saturated rings. The van der Waals surface area contributed by atoms with Gasteiger partial charge in [-0.15, -0.1) is 0 Å². The van der Waals surface area contributed by atoms with Crippen LogP contribution in [0.4, 0.5) is 0 Å². The molecule has 0 radical (unpaired) electrons. The maximum absolute atomic E-state index is 12.9. The lowest BCUT2D eigenvalue weighted by Gasteiger charge is -2.18. The third-order valence-electron chi connectivity index (χ3n) is 14.2. The molecular weight excluding hydrogens is 925 g/mol. The van der Waals surface area contributed by atoms with Crippen molar-refractivity contribution >= 4 is 17.9 Å². The normalized spacial score (nSPS) is 12.5. The van der Waals surface area contributed by atoms with Crippen molar-refractivity contribution in [1.29, 1.82) is 0 Å². The Bertz CT molecular complexity index is 1390. The van der Waals surface area contributed by atoms with Crippen LogP contribution < -0.4 is 0 Å². The van der Waals surface area contributed by atoms with E-state index in [9.17, 15) is 14.4 Å². The summed E-state index contributed by atoms with van der Waals surface area (Å²) in [6, 6.07) is 0. The average Bonchev–Trinajstić information content (AvgIpc) is 3.41. The van der Waals surface area contributed by atoms with E-state index in [0.29, 0.717) is 19.3 Å². The second kappa shape index (κ2) is 63.4. The molecule has 0 rings (SSSR count). The first-order chi connectivity index (χ1) is 37.0. The number of ether oxygens (including phenoxy) is 3. The van der Waals surface area contributed by atoms with Crippen LogP contribution in [0.5, 0.6) is 0 Å². The van der Waals surface area contributed by atoms with Gasteiger partial charge in [0.1, 0.15) is 13.2 Å². The number of allylic oxidation sites excluding steroid dienone is 12. The van der Waals surface area contributed by atoms with Crippen molar-refractivity contribution in [2.45, 2.75) is 335 Å². The van der Waals surface area contributed by atoms with Gasteiger partial charge in [-0.3, -0.25) is 14.4 Å². The molecule has 0 aliphatic rings. The number of unbranched alkanes of at least 4 members (excludes halogenated alkanes) is 36. The standard InChI is InChI=1S/C69H122O6/c1-4-7-10-13-16-18-20-22-24-26-28-30-32-34-36-38-40-42-44-46-48-50-53-56-59-62-68(71)74-65-66(64-73-67(70)61-58-55-52-15-12-9-6-3)75-69(72)63-60-57-54-51-49-47-45-43-41-39-37-35-33-31-29-27-25-23-21-19-17-14-11-8-5-2/h7,10,16,18,22,24,28,30,34,36,40,42,66H,4-6,8-9,11-15,17,19-21,23,25-27,29,31-33,35,37-39,41,43-65H2,1-3H3/b10-7-,18-16-,24-22-,30-28-,36-34-,42-40-. The van der Waals surface area contributed by atoms with Crippen molar-refractivity contribution < 1.29 is 28.6 Å². The van der Waals surface area contributed by atoms with E-state index in [1.54, 1.807) is 0 Å². The third kappa shape index (κ3) is 61.6. The molecule has 0 aliphatic heterocycles. The molecule has 0 aromatic heterocycles. The minimum absolute atomic E-state index is 0.0770. The van der Waals surface area contributed by atoms with Gasteiger partial charge >= 0.3 is 17.9 Å². The second-order valence-electron chi connectivity index (χ2n) is 21.7. The van der Waals surface area contributed by atoms with Crippen LogP contribution in [0.25, 0.3) is 0 Å². The summed E-state index contributed by atoms with van der Waals surface area (Å²) in [5.41, 5.74) is 0. The molecule has 6 heteroatoms. The second-order valence-corrected chi connectivity index (χ2v) is 21.7. The van der Waals surface area contributed by atoms with Crippen LogP contribution in [0.2, 0.25) is 0 Å². The molecule has 0 aromatic rings. The van der Waals surface area contributed by atoms with Gasteiger partial charge in [0, 0.05) is 19.3 Å². The third-order valence-corrected chi connectivity index (χ3v) is 14.2. The van der Waals surface area contributed by atoms with Gasteiger partial charge in [0.2, 0.25) is 0 Å². The highest BCUT2D eigenvalue weighted by Gasteiger charge is 2.19. The van der Waals surface area contributed by atoms with Crippen LogP contribution >= 0.6 is 0 Å². The zero-order valence-corrected chi connectivity index (χ0v) is 49.8. The van der Waals surface area contributed by atoms with Gasteiger partial charge in [-0.2, -0.15) is 0 Å². The molecule has 0 amide bonds.